The third-order valence-corrected chi connectivity index (χ3v) is 3.45. The highest BCUT2D eigenvalue weighted by atomic mass is 35.5. The number of carbonyl (C=O) groups is 1. The summed E-state index contributed by atoms with van der Waals surface area (Å²) in [6.07, 6.45) is 0.915. The van der Waals surface area contributed by atoms with E-state index < -0.39 is 5.82 Å². The van der Waals surface area contributed by atoms with E-state index in [4.69, 9.17) is 17.3 Å². The van der Waals surface area contributed by atoms with Crippen LogP contribution in [-0.2, 0) is 0 Å². The lowest BCUT2D eigenvalue weighted by molar-refractivity contribution is 0.0660. The Morgan fingerprint density at radius 3 is 2.83 bits per heavy atom. The third kappa shape index (κ3) is 2.82. The van der Waals surface area contributed by atoms with Gasteiger partial charge in [-0.1, -0.05) is 18.5 Å². The molecule has 0 bridgehead atoms. The second kappa shape index (κ2) is 5.24. The monoisotopic (exact) mass is 270 g/mol. The predicted octanol–water partition coefficient (Wildman–Crippen LogP) is 2.29. The molecule has 0 aromatic heterocycles. The SMILES string of the molecule is CC1CC(N)CN(C(=O)c2ccc(Cl)c(F)c2)C1. The Hall–Kier alpha value is -1.13. The van der Waals surface area contributed by atoms with Gasteiger partial charge in [-0.05, 0) is 30.5 Å². The van der Waals surface area contributed by atoms with Crippen molar-refractivity contribution < 1.29 is 9.18 Å². The van der Waals surface area contributed by atoms with Crippen LogP contribution in [0.15, 0.2) is 18.2 Å². The second-order valence-corrected chi connectivity index (χ2v) is 5.35. The largest absolute Gasteiger partial charge is 0.337 e. The first-order valence-electron chi connectivity index (χ1n) is 5.97. The highest BCUT2D eigenvalue weighted by Gasteiger charge is 2.26. The van der Waals surface area contributed by atoms with Gasteiger partial charge in [-0.2, -0.15) is 0 Å². The maximum Gasteiger partial charge on any atom is 0.254 e. The Morgan fingerprint density at radius 2 is 2.22 bits per heavy atom. The third-order valence-electron chi connectivity index (χ3n) is 3.15. The van der Waals surface area contributed by atoms with Crippen molar-refractivity contribution in [2.24, 2.45) is 11.7 Å². The first-order chi connectivity index (χ1) is 8.47. The molecule has 2 rings (SSSR count). The van der Waals surface area contributed by atoms with Gasteiger partial charge in [0.15, 0.2) is 0 Å². The average Bonchev–Trinajstić information content (AvgIpc) is 2.30. The van der Waals surface area contributed by atoms with Gasteiger partial charge in [0.1, 0.15) is 5.82 Å². The molecule has 1 fully saturated rings. The lowest BCUT2D eigenvalue weighted by Gasteiger charge is -2.34. The molecule has 2 N–H and O–H groups in total. The van der Waals surface area contributed by atoms with Crippen LogP contribution in [0.2, 0.25) is 5.02 Å². The molecule has 1 aliphatic rings. The number of halogens is 2. The quantitative estimate of drug-likeness (QED) is 0.851. The summed E-state index contributed by atoms with van der Waals surface area (Å²) in [6.45, 7) is 3.24. The summed E-state index contributed by atoms with van der Waals surface area (Å²) in [4.78, 5) is 13.9. The molecule has 1 aliphatic heterocycles. The zero-order valence-corrected chi connectivity index (χ0v) is 11.0. The number of piperidine rings is 1. The lowest BCUT2D eigenvalue weighted by atomic mass is 9.96. The fourth-order valence-corrected chi connectivity index (χ4v) is 2.49. The number of rotatable bonds is 1. The zero-order valence-electron chi connectivity index (χ0n) is 10.2. The Bertz CT molecular complexity index is 456. The molecule has 0 aliphatic carbocycles. The van der Waals surface area contributed by atoms with Crippen LogP contribution in [0.5, 0.6) is 0 Å². The van der Waals surface area contributed by atoms with E-state index in [1.165, 1.54) is 12.1 Å². The molecule has 1 aromatic rings. The van der Waals surface area contributed by atoms with Gasteiger partial charge in [0.2, 0.25) is 0 Å². The summed E-state index contributed by atoms with van der Waals surface area (Å²) in [7, 11) is 0. The van der Waals surface area contributed by atoms with Crippen LogP contribution in [0.4, 0.5) is 4.39 Å². The lowest BCUT2D eigenvalue weighted by Crippen LogP contribution is -2.48. The van der Waals surface area contributed by atoms with E-state index in [0.717, 1.165) is 6.42 Å². The summed E-state index contributed by atoms with van der Waals surface area (Å²) in [5.41, 5.74) is 6.21. The molecular formula is C13H16ClFN2O. The molecule has 18 heavy (non-hydrogen) atoms. The molecule has 1 aromatic carbocycles. The Labute approximate surface area is 111 Å². The topological polar surface area (TPSA) is 46.3 Å². The van der Waals surface area contributed by atoms with E-state index in [9.17, 15) is 9.18 Å². The van der Waals surface area contributed by atoms with Crippen molar-refractivity contribution in [2.45, 2.75) is 19.4 Å². The van der Waals surface area contributed by atoms with Gasteiger partial charge in [-0.15, -0.1) is 0 Å². The summed E-state index contributed by atoms with van der Waals surface area (Å²) >= 11 is 5.60. The number of carbonyl (C=O) groups excluding carboxylic acids is 1. The van der Waals surface area contributed by atoms with Crippen molar-refractivity contribution in [2.75, 3.05) is 13.1 Å². The molecule has 3 nitrogen and oxygen atoms in total. The highest BCUT2D eigenvalue weighted by molar-refractivity contribution is 6.30. The zero-order chi connectivity index (χ0) is 13.3. The van der Waals surface area contributed by atoms with E-state index in [2.05, 4.69) is 6.92 Å². The minimum Gasteiger partial charge on any atom is -0.337 e. The summed E-state index contributed by atoms with van der Waals surface area (Å²) in [6, 6.07) is 4.11. The highest BCUT2D eigenvalue weighted by Crippen LogP contribution is 2.20. The standard InChI is InChI=1S/C13H16ClFN2O/c1-8-4-10(16)7-17(6-8)13(18)9-2-3-11(14)12(15)5-9/h2-3,5,8,10H,4,6-7,16H2,1H3. The Kier molecular flexibility index (Phi) is 3.88. The van der Waals surface area contributed by atoms with Crippen LogP contribution >= 0.6 is 11.6 Å². The van der Waals surface area contributed by atoms with E-state index in [1.54, 1.807) is 11.0 Å². The maximum absolute atomic E-state index is 13.3. The maximum atomic E-state index is 13.3. The fourth-order valence-electron chi connectivity index (χ4n) is 2.38. The van der Waals surface area contributed by atoms with Gasteiger partial charge in [-0.3, -0.25) is 4.79 Å². The molecule has 0 spiro atoms. The van der Waals surface area contributed by atoms with Crippen LogP contribution in [0.25, 0.3) is 0 Å². The van der Waals surface area contributed by atoms with Gasteiger partial charge >= 0.3 is 0 Å². The van der Waals surface area contributed by atoms with Crippen molar-refractivity contribution in [1.82, 2.24) is 4.90 Å². The van der Waals surface area contributed by atoms with Gasteiger partial charge < -0.3 is 10.6 Å². The molecule has 1 saturated heterocycles. The van der Waals surface area contributed by atoms with Crippen LogP contribution in [0, 0.1) is 11.7 Å². The Morgan fingerprint density at radius 1 is 1.50 bits per heavy atom. The van der Waals surface area contributed by atoms with Crippen LogP contribution in [0.3, 0.4) is 0 Å². The van der Waals surface area contributed by atoms with Crippen molar-refractivity contribution in [3.8, 4) is 0 Å². The minimum absolute atomic E-state index is 0.00477. The normalized spacial score (nSPS) is 24.1. The molecule has 0 saturated carbocycles. The van der Waals surface area contributed by atoms with Crippen molar-refractivity contribution in [1.29, 1.82) is 0 Å². The van der Waals surface area contributed by atoms with Crippen molar-refractivity contribution in [3.05, 3.63) is 34.6 Å². The van der Waals surface area contributed by atoms with Crippen LogP contribution in [-0.4, -0.2) is 29.9 Å². The predicted molar refractivity (Wildman–Crippen MR) is 69.1 cm³/mol. The summed E-state index contributed by atoms with van der Waals surface area (Å²) in [5.74, 6) is -0.390. The number of benzene rings is 1. The first-order valence-corrected chi connectivity index (χ1v) is 6.35. The van der Waals surface area contributed by atoms with E-state index in [1.807, 2.05) is 0 Å². The van der Waals surface area contributed by atoms with Gasteiger partial charge in [0.25, 0.3) is 5.91 Å². The van der Waals surface area contributed by atoms with Gasteiger partial charge in [0.05, 0.1) is 5.02 Å². The minimum atomic E-state index is -0.572. The van der Waals surface area contributed by atoms with Crippen molar-refractivity contribution >= 4 is 17.5 Å². The van der Waals surface area contributed by atoms with Crippen molar-refractivity contribution in [3.63, 3.8) is 0 Å². The molecular weight excluding hydrogens is 255 g/mol. The van der Waals surface area contributed by atoms with E-state index in [-0.39, 0.29) is 17.0 Å². The molecule has 1 amide bonds. The number of hydrogen-bond donors (Lipinski definition) is 1. The van der Waals surface area contributed by atoms with Gasteiger partial charge in [0, 0.05) is 24.7 Å². The molecule has 2 unspecified atom stereocenters. The van der Waals surface area contributed by atoms with Gasteiger partial charge in [-0.25, -0.2) is 4.39 Å². The van der Waals surface area contributed by atoms with E-state index >= 15 is 0 Å². The summed E-state index contributed by atoms with van der Waals surface area (Å²) < 4.78 is 13.3. The summed E-state index contributed by atoms with van der Waals surface area (Å²) in [5, 5.41) is 0.0234. The number of nitrogens with two attached hydrogens (primary N) is 1. The Balaban J connectivity index is 2.17. The molecule has 5 heteroatoms. The fraction of sp³-hybridized carbons (Fsp3) is 0.462. The van der Waals surface area contributed by atoms with Crippen LogP contribution < -0.4 is 5.73 Å². The molecule has 1 heterocycles. The smallest absolute Gasteiger partial charge is 0.254 e. The first kappa shape index (κ1) is 13.3. The second-order valence-electron chi connectivity index (χ2n) is 4.94. The van der Waals surface area contributed by atoms with Crippen LogP contribution in [0.1, 0.15) is 23.7 Å². The number of hydrogen-bond acceptors (Lipinski definition) is 2. The molecule has 2 atom stereocenters. The number of nitrogens with zero attached hydrogens (tertiary/aromatic N) is 1. The number of amides is 1. The average molecular weight is 271 g/mol. The molecule has 0 radical (unpaired) electrons. The molecule has 98 valence electrons. The van der Waals surface area contributed by atoms with E-state index in [0.29, 0.717) is 24.6 Å². The number of likely N-dealkylation sites (tertiary alicyclic amines) is 1.